The minimum absolute atomic E-state index is 0.172. The highest BCUT2D eigenvalue weighted by Gasteiger charge is 2.29. The number of nitrogens with zero attached hydrogens (tertiary/aromatic N) is 6. The first-order chi connectivity index (χ1) is 12.7. The van der Waals surface area contributed by atoms with Gasteiger partial charge in [0.1, 0.15) is 11.6 Å². The normalized spacial score (nSPS) is 18.7. The number of aliphatic hydroxyl groups excluding tert-OH is 1. The third kappa shape index (κ3) is 3.17. The molecule has 26 heavy (non-hydrogen) atoms. The van der Waals surface area contributed by atoms with E-state index >= 15 is 0 Å². The molecule has 1 atom stereocenters. The summed E-state index contributed by atoms with van der Waals surface area (Å²) in [6, 6.07) is 2.25. The van der Waals surface area contributed by atoms with E-state index in [0.717, 1.165) is 60.8 Å². The number of piperazine rings is 1. The highest BCUT2D eigenvalue weighted by Crippen LogP contribution is 2.27. The van der Waals surface area contributed by atoms with Crippen LogP contribution in [0.25, 0.3) is 11.0 Å². The van der Waals surface area contributed by atoms with Gasteiger partial charge in [-0.05, 0) is 19.4 Å². The fraction of sp³-hybridized carbons (Fsp3) is 0.500. The molecule has 138 valence electrons. The Morgan fingerprint density at radius 2 is 2.19 bits per heavy atom. The maximum atomic E-state index is 9.54. The monoisotopic (exact) mass is 356 g/mol. The van der Waals surface area contributed by atoms with Crippen molar-refractivity contribution in [2.75, 3.05) is 31.1 Å². The number of rotatable bonds is 5. The molecule has 0 aliphatic carbocycles. The molecule has 8 heteroatoms. The van der Waals surface area contributed by atoms with Crippen LogP contribution < -0.4 is 4.90 Å². The smallest absolute Gasteiger partial charge is 0.163 e. The number of aromatic nitrogens is 4. The Balaban J connectivity index is 1.59. The molecule has 0 bridgehead atoms. The maximum absolute atomic E-state index is 9.54. The van der Waals surface area contributed by atoms with Gasteiger partial charge in [-0.1, -0.05) is 0 Å². The molecule has 8 nitrogen and oxygen atoms in total. The fourth-order valence-corrected chi connectivity index (χ4v) is 3.69. The Hall–Kier alpha value is -2.45. The molecule has 4 heterocycles. The molecule has 1 aliphatic rings. The quantitative estimate of drug-likeness (QED) is 0.738. The summed E-state index contributed by atoms with van der Waals surface area (Å²) in [5.74, 6) is 1.68. The zero-order valence-electron chi connectivity index (χ0n) is 15.2. The highest BCUT2D eigenvalue weighted by molar-refractivity contribution is 5.87. The van der Waals surface area contributed by atoms with Crippen molar-refractivity contribution in [1.82, 2.24) is 24.6 Å². The molecule has 0 aromatic carbocycles. The Kier molecular flexibility index (Phi) is 4.60. The molecular formula is C18H24N6O2. The van der Waals surface area contributed by atoms with Crippen molar-refractivity contribution in [3.63, 3.8) is 0 Å². The number of fused-ring (bicyclic) bond motifs is 1. The Bertz CT molecular complexity index is 875. The van der Waals surface area contributed by atoms with Gasteiger partial charge in [-0.25, -0.2) is 9.97 Å². The number of aliphatic hydroxyl groups is 1. The number of hydrogen-bond acceptors (Lipinski definition) is 7. The summed E-state index contributed by atoms with van der Waals surface area (Å²) >= 11 is 0. The lowest BCUT2D eigenvalue weighted by Gasteiger charge is -2.42. The van der Waals surface area contributed by atoms with Gasteiger partial charge in [0.25, 0.3) is 0 Å². The van der Waals surface area contributed by atoms with E-state index in [1.54, 1.807) is 17.2 Å². The van der Waals surface area contributed by atoms with Gasteiger partial charge in [0.05, 0.1) is 24.1 Å². The molecule has 1 saturated heterocycles. The fourth-order valence-electron chi connectivity index (χ4n) is 3.69. The summed E-state index contributed by atoms with van der Waals surface area (Å²) in [6.45, 7) is 5.52. The lowest BCUT2D eigenvalue weighted by molar-refractivity contribution is 0.135. The van der Waals surface area contributed by atoms with E-state index in [4.69, 9.17) is 9.40 Å². The number of anilines is 1. The third-order valence-electron chi connectivity index (χ3n) is 5.02. The summed E-state index contributed by atoms with van der Waals surface area (Å²) < 4.78 is 6.98. The van der Waals surface area contributed by atoms with Crippen LogP contribution in [0.4, 0.5) is 5.82 Å². The molecule has 0 saturated carbocycles. The summed E-state index contributed by atoms with van der Waals surface area (Å²) in [5.41, 5.74) is 2.01. The lowest BCUT2D eigenvalue weighted by atomic mass is 10.1. The van der Waals surface area contributed by atoms with Crippen LogP contribution in [0.3, 0.4) is 0 Å². The van der Waals surface area contributed by atoms with Gasteiger partial charge >= 0.3 is 0 Å². The largest absolute Gasteiger partial charge is 0.472 e. The molecule has 3 aromatic heterocycles. The van der Waals surface area contributed by atoms with E-state index < -0.39 is 0 Å². The first-order valence-electron chi connectivity index (χ1n) is 8.93. The van der Waals surface area contributed by atoms with Gasteiger partial charge in [-0.2, -0.15) is 5.10 Å². The van der Waals surface area contributed by atoms with Gasteiger partial charge in [0, 0.05) is 51.4 Å². The van der Waals surface area contributed by atoms with Crippen LogP contribution in [-0.4, -0.2) is 62.0 Å². The summed E-state index contributed by atoms with van der Waals surface area (Å²) in [4.78, 5) is 13.9. The average molecular weight is 356 g/mol. The van der Waals surface area contributed by atoms with Crippen LogP contribution in [0.5, 0.6) is 0 Å². The predicted octanol–water partition coefficient (Wildman–Crippen LogP) is 1.34. The van der Waals surface area contributed by atoms with Crippen LogP contribution >= 0.6 is 0 Å². The average Bonchev–Trinajstić information content (AvgIpc) is 3.27. The van der Waals surface area contributed by atoms with Crippen LogP contribution in [0.1, 0.15) is 17.8 Å². The van der Waals surface area contributed by atoms with Crippen LogP contribution in [0.2, 0.25) is 0 Å². The number of hydrogen-bond donors (Lipinski definition) is 1. The molecule has 0 radical (unpaired) electrons. The van der Waals surface area contributed by atoms with Gasteiger partial charge < -0.3 is 14.4 Å². The number of aryl methyl sites for hydroxylation is 2. The van der Waals surface area contributed by atoms with Crippen molar-refractivity contribution in [3.05, 3.63) is 36.2 Å². The van der Waals surface area contributed by atoms with Crippen LogP contribution in [-0.2, 0) is 13.6 Å². The van der Waals surface area contributed by atoms with E-state index in [1.165, 1.54) is 0 Å². The molecule has 0 amide bonds. The Labute approximate surface area is 152 Å². The van der Waals surface area contributed by atoms with Gasteiger partial charge in [0.15, 0.2) is 5.65 Å². The van der Waals surface area contributed by atoms with E-state index in [-0.39, 0.29) is 12.6 Å². The molecule has 0 spiro atoms. The molecule has 1 fully saturated rings. The van der Waals surface area contributed by atoms with E-state index in [9.17, 15) is 5.11 Å². The zero-order valence-corrected chi connectivity index (χ0v) is 15.2. The third-order valence-corrected chi connectivity index (χ3v) is 5.02. The van der Waals surface area contributed by atoms with E-state index in [1.807, 2.05) is 26.2 Å². The molecular weight excluding hydrogens is 332 g/mol. The maximum Gasteiger partial charge on any atom is 0.163 e. The molecule has 4 rings (SSSR count). The first-order valence-corrected chi connectivity index (χ1v) is 8.93. The van der Waals surface area contributed by atoms with Crippen molar-refractivity contribution in [2.24, 2.45) is 7.05 Å². The lowest BCUT2D eigenvalue weighted by Crippen LogP contribution is -2.53. The summed E-state index contributed by atoms with van der Waals surface area (Å²) in [6.07, 6.45) is 6.06. The first kappa shape index (κ1) is 17.0. The minimum Gasteiger partial charge on any atom is -0.472 e. The van der Waals surface area contributed by atoms with Crippen molar-refractivity contribution in [1.29, 1.82) is 0 Å². The van der Waals surface area contributed by atoms with Gasteiger partial charge in [0.2, 0.25) is 0 Å². The van der Waals surface area contributed by atoms with E-state index in [2.05, 4.69) is 19.9 Å². The minimum atomic E-state index is 0.172. The summed E-state index contributed by atoms with van der Waals surface area (Å²) in [5, 5.41) is 14.9. The Morgan fingerprint density at radius 1 is 1.31 bits per heavy atom. The topological polar surface area (TPSA) is 83.5 Å². The number of furan rings is 1. The predicted molar refractivity (Wildman–Crippen MR) is 97.9 cm³/mol. The highest BCUT2D eigenvalue weighted by atomic mass is 16.3. The zero-order chi connectivity index (χ0) is 18.1. The molecule has 1 aliphatic heterocycles. The van der Waals surface area contributed by atoms with Crippen LogP contribution in [0, 0.1) is 6.92 Å². The second kappa shape index (κ2) is 7.05. The van der Waals surface area contributed by atoms with Gasteiger partial charge in [-0.3, -0.25) is 9.58 Å². The molecule has 3 aromatic rings. The SMILES string of the molecule is Cc1nc(N2CCN(Cc3ccoc3)C(CCO)C2)c2cnn(C)c2n1. The van der Waals surface area contributed by atoms with Crippen molar-refractivity contribution in [3.8, 4) is 0 Å². The van der Waals surface area contributed by atoms with Gasteiger partial charge in [-0.15, -0.1) is 0 Å². The van der Waals surface area contributed by atoms with Crippen molar-refractivity contribution in [2.45, 2.75) is 25.9 Å². The standard InChI is InChI=1S/C18H24N6O2/c1-13-20-17-16(9-19-22(17)2)18(21-13)24-6-5-23(15(11-24)3-7-25)10-14-4-8-26-12-14/h4,8-9,12,15,25H,3,5-7,10-11H2,1-2H3. The molecule has 1 N–H and O–H groups in total. The van der Waals surface area contributed by atoms with Crippen LogP contribution in [0.15, 0.2) is 29.2 Å². The van der Waals surface area contributed by atoms with E-state index in [0.29, 0.717) is 0 Å². The summed E-state index contributed by atoms with van der Waals surface area (Å²) in [7, 11) is 1.90. The second-order valence-corrected chi connectivity index (χ2v) is 6.81. The van der Waals surface area contributed by atoms with Crippen molar-refractivity contribution < 1.29 is 9.52 Å². The Morgan fingerprint density at radius 3 is 2.96 bits per heavy atom. The van der Waals surface area contributed by atoms with Crippen molar-refractivity contribution >= 4 is 16.9 Å². The molecule has 1 unspecified atom stereocenters. The second-order valence-electron chi connectivity index (χ2n) is 6.81.